The summed E-state index contributed by atoms with van der Waals surface area (Å²) in [5.74, 6) is 4.33. The van der Waals surface area contributed by atoms with Crippen molar-refractivity contribution in [3.63, 3.8) is 0 Å². The van der Waals surface area contributed by atoms with Crippen molar-refractivity contribution in [2.45, 2.75) is 19.4 Å². The van der Waals surface area contributed by atoms with Gasteiger partial charge in [-0.25, -0.2) is 9.97 Å². The molecule has 0 amide bonds. The van der Waals surface area contributed by atoms with Gasteiger partial charge in [0.05, 0.1) is 15.1 Å². The fraction of sp³-hybridized carbons (Fsp3) is 0.278. The third-order valence-corrected chi connectivity index (χ3v) is 5.46. The fourth-order valence-corrected chi connectivity index (χ4v) is 3.93. The molecule has 24 heavy (non-hydrogen) atoms. The van der Waals surface area contributed by atoms with E-state index in [2.05, 4.69) is 21.5 Å². The van der Waals surface area contributed by atoms with Crippen molar-refractivity contribution in [3.05, 3.63) is 35.0 Å². The van der Waals surface area contributed by atoms with Gasteiger partial charge in [-0.2, -0.15) is 0 Å². The molecule has 1 unspecified atom stereocenters. The normalized spacial score (nSPS) is 17.1. The van der Waals surface area contributed by atoms with Crippen molar-refractivity contribution < 1.29 is 0 Å². The number of terminal acetylenes is 1. The highest BCUT2D eigenvalue weighted by Gasteiger charge is 2.20. The standard InChI is InChI=1S/C18H17N5S/c1-3-14-11(2)15-16(24-14)18(21-13-6-9-20-10-13)23-17(22-15)12-4-7-19-8-5-12/h1,4-5,7-8,13,20H,6,9-10H2,2H3,(H,21,22,23). The highest BCUT2D eigenvalue weighted by atomic mass is 32.1. The van der Waals surface area contributed by atoms with Crippen LogP contribution < -0.4 is 10.6 Å². The van der Waals surface area contributed by atoms with Crippen LogP contribution in [0.3, 0.4) is 0 Å². The molecule has 3 aromatic heterocycles. The number of anilines is 1. The molecular weight excluding hydrogens is 318 g/mol. The quantitative estimate of drug-likeness (QED) is 0.721. The molecule has 0 saturated carbocycles. The topological polar surface area (TPSA) is 62.7 Å². The smallest absolute Gasteiger partial charge is 0.162 e. The lowest BCUT2D eigenvalue weighted by Crippen LogP contribution is -2.22. The maximum atomic E-state index is 5.65. The van der Waals surface area contributed by atoms with E-state index in [1.54, 1.807) is 23.7 Å². The zero-order valence-corrected chi connectivity index (χ0v) is 14.2. The summed E-state index contributed by atoms with van der Waals surface area (Å²) in [5, 5.41) is 6.94. The Labute approximate surface area is 144 Å². The number of rotatable bonds is 3. The van der Waals surface area contributed by atoms with Crippen LogP contribution in [0, 0.1) is 19.3 Å². The summed E-state index contributed by atoms with van der Waals surface area (Å²) >= 11 is 1.58. The van der Waals surface area contributed by atoms with Crippen LogP contribution >= 0.6 is 11.3 Å². The lowest BCUT2D eigenvalue weighted by Gasteiger charge is -2.13. The third-order valence-electron chi connectivity index (χ3n) is 4.24. The van der Waals surface area contributed by atoms with Gasteiger partial charge < -0.3 is 10.6 Å². The van der Waals surface area contributed by atoms with E-state index in [9.17, 15) is 0 Å². The molecule has 6 heteroatoms. The number of nitrogens with zero attached hydrogens (tertiary/aromatic N) is 3. The number of hydrogen-bond donors (Lipinski definition) is 2. The Morgan fingerprint density at radius 2 is 2.17 bits per heavy atom. The average Bonchev–Trinajstić information content (AvgIpc) is 3.24. The minimum absolute atomic E-state index is 0.380. The predicted molar refractivity (Wildman–Crippen MR) is 98.2 cm³/mol. The van der Waals surface area contributed by atoms with Gasteiger partial charge in [0.25, 0.3) is 0 Å². The molecule has 1 fully saturated rings. The van der Waals surface area contributed by atoms with Gasteiger partial charge in [-0.3, -0.25) is 4.98 Å². The molecule has 1 saturated heterocycles. The van der Waals surface area contributed by atoms with Crippen LogP contribution in [0.1, 0.15) is 16.9 Å². The Morgan fingerprint density at radius 1 is 1.33 bits per heavy atom. The monoisotopic (exact) mass is 335 g/mol. The lowest BCUT2D eigenvalue weighted by molar-refractivity contribution is 0.789. The summed E-state index contributed by atoms with van der Waals surface area (Å²) in [7, 11) is 0. The Kier molecular flexibility index (Phi) is 3.89. The Hall–Kier alpha value is -2.49. The van der Waals surface area contributed by atoms with E-state index in [1.807, 2.05) is 19.1 Å². The van der Waals surface area contributed by atoms with Crippen LogP contribution in [0.5, 0.6) is 0 Å². The molecule has 1 aliphatic heterocycles. The number of nitrogens with one attached hydrogen (secondary N) is 2. The Bertz CT molecular complexity index is 920. The molecule has 1 aliphatic rings. The molecule has 2 N–H and O–H groups in total. The summed E-state index contributed by atoms with van der Waals surface area (Å²) in [6.45, 7) is 4.00. The number of aryl methyl sites for hydroxylation is 1. The highest BCUT2D eigenvalue weighted by molar-refractivity contribution is 7.20. The average molecular weight is 335 g/mol. The molecule has 0 radical (unpaired) electrons. The van der Waals surface area contributed by atoms with Gasteiger partial charge >= 0.3 is 0 Å². The van der Waals surface area contributed by atoms with E-state index in [1.165, 1.54) is 0 Å². The van der Waals surface area contributed by atoms with Gasteiger partial charge in [-0.15, -0.1) is 17.8 Å². The Morgan fingerprint density at radius 3 is 2.88 bits per heavy atom. The van der Waals surface area contributed by atoms with Crippen LogP contribution in [-0.2, 0) is 0 Å². The second-order valence-corrected chi connectivity index (χ2v) is 6.86. The second-order valence-electron chi connectivity index (χ2n) is 5.84. The fourth-order valence-electron chi connectivity index (χ4n) is 2.92. The lowest BCUT2D eigenvalue weighted by atomic mass is 10.2. The minimum Gasteiger partial charge on any atom is -0.365 e. The number of thiophene rings is 1. The van der Waals surface area contributed by atoms with Crippen LogP contribution in [0.4, 0.5) is 5.82 Å². The van der Waals surface area contributed by atoms with Gasteiger partial charge in [0.1, 0.15) is 5.82 Å². The molecular formula is C18H17N5S. The van der Waals surface area contributed by atoms with Gasteiger partial charge in [0, 0.05) is 36.1 Å². The molecule has 120 valence electrons. The number of hydrogen-bond acceptors (Lipinski definition) is 6. The van der Waals surface area contributed by atoms with Crippen LogP contribution in [-0.4, -0.2) is 34.1 Å². The maximum absolute atomic E-state index is 5.65. The summed E-state index contributed by atoms with van der Waals surface area (Å²) in [6.07, 6.45) is 10.2. The van der Waals surface area contributed by atoms with Crippen molar-refractivity contribution in [2.24, 2.45) is 0 Å². The first-order chi connectivity index (χ1) is 11.8. The van der Waals surface area contributed by atoms with Crippen molar-refractivity contribution in [2.75, 3.05) is 18.4 Å². The van der Waals surface area contributed by atoms with Crippen LogP contribution in [0.25, 0.3) is 21.6 Å². The molecule has 0 aliphatic carbocycles. The van der Waals surface area contributed by atoms with E-state index in [4.69, 9.17) is 16.4 Å². The van der Waals surface area contributed by atoms with Crippen molar-refractivity contribution >= 4 is 27.4 Å². The van der Waals surface area contributed by atoms with E-state index in [0.717, 1.165) is 51.5 Å². The molecule has 0 aromatic carbocycles. The van der Waals surface area contributed by atoms with E-state index < -0.39 is 0 Å². The Balaban J connectivity index is 1.89. The zero-order chi connectivity index (χ0) is 16.5. The van der Waals surface area contributed by atoms with Gasteiger partial charge in [0.2, 0.25) is 0 Å². The maximum Gasteiger partial charge on any atom is 0.162 e. The number of fused-ring (bicyclic) bond motifs is 1. The summed E-state index contributed by atoms with van der Waals surface area (Å²) in [4.78, 5) is 14.5. The number of pyridine rings is 1. The minimum atomic E-state index is 0.380. The van der Waals surface area contributed by atoms with E-state index >= 15 is 0 Å². The van der Waals surface area contributed by atoms with Crippen LogP contribution in [0.15, 0.2) is 24.5 Å². The van der Waals surface area contributed by atoms with Crippen molar-refractivity contribution in [1.82, 2.24) is 20.3 Å². The molecule has 0 bridgehead atoms. The molecule has 3 aromatic rings. The van der Waals surface area contributed by atoms with Gasteiger partial charge in [-0.1, -0.05) is 5.92 Å². The van der Waals surface area contributed by atoms with Crippen LogP contribution in [0.2, 0.25) is 0 Å². The molecule has 5 nitrogen and oxygen atoms in total. The summed E-state index contributed by atoms with van der Waals surface area (Å²) in [5.41, 5.74) is 2.93. The van der Waals surface area contributed by atoms with E-state index in [-0.39, 0.29) is 0 Å². The second kappa shape index (κ2) is 6.19. The predicted octanol–water partition coefficient (Wildman–Crippen LogP) is 2.82. The largest absolute Gasteiger partial charge is 0.365 e. The van der Waals surface area contributed by atoms with Crippen molar-refractivity contribution in [1.29, 1.82) is 0 Å². The first kappa shape index (κ1) is 15.1. The molecule has 4 heterocycles. The SMILES string of the molecule is C#Cc1sc2c(NC3CCNC3)nc(-c3ccncc3)nc2c1C. The van der Waals surface area contributed by atoms with E-state index in [0.29, 0.717) is 11.9 Å². The van der Waals surface area contributed by atoms with Gasteiger partial charge in [0.15, 0.2) is 5.82 Å². The zero-order valence-electron chi connectivity index (χ0n) is 13.3. The first-order valence-corrected chi connectivity index (χ1v) is 8.73. The summed E-state index contributed by atoms with van der Waals surface area (Å²) in [6, 6.07) is 4.22. The highest BCUT2D eigenvalue weighted by Crippen LogP contribution is 2.35. The van der Waals surface area contributed by atoms with Gasteiger partial charge in [-0.05, 0) is 32.0 Å². The third kappa shape index (κ3) is 2.62. The van der Waals surface area contributed by atoms with Crippen molar-refractivity contribution in [3.8, 4) is 23.7 Å². The molecule has 4 rings (SSSR count). The molecule has 1 atom stereocenters. The first-order valence-electron chi connectivity index (χ1n) is 7.91. The summed E-state index contributed by atoms with van der Waals surface area (Å²) < 4.78 is 1.03. The number of aromatic nitrogens is 3. The molecule has 0 spiro atoms.